The highest BCUT2D eigenvalue weighted by Crippen LogP contribution is 2.16. The van der Waals surface area contributed by atoms with Crippen LogP contribution in [0.15, 0.2) is 0 Å². The Morgan fingerprint density at radius 3 is 2.33 bits per heavy atom. The fourth-order valence-corrected chi connectivity index (χ4v) is 0.800. The van der Waals surface area contributed by atoms with Crippen molar-refractivity contribution >= 4 is 12.0 Å². The molecule has 5 heteroatoms. The number of amides is 2. The Hall–Kier alpha value is -1.26. The molecule has 0 aromatic rings. The zero-order valence-corrected chi connectivity index (χ0v) is 9.79. The first-order valence-electron chi connectivity index (χ1n) is 4.96. The van der Waals surface area contributed by atoms with E-state index in [0.29, 0.717) is 6.54 Å². The van der Waals surface area contributed by atoms with E-state index in [2.05, 4.69) is 26.1 Å². The van der Waals surface area contributed by atoms with Gasteiger partial charge in [0.15, 0.2) is 6.10 Å². The Balaban J connectivity index is 3.72. The lowest BCUT2D eigenvalue weighted by Crippen LogP contribution is -2.36. The molecule has 0 spiro atoms. The Kier molecular flexibility index (Phi) is 5.11. The van der Waals surface area contributed by atoms with Gasteiger partial charge in [-0.1, -0.05) is 20.8 Å². The fraction of sp³-hybridized carbons (Fsp3) is 0.800. The van der Waals surface area contributed by atoms with E-state index in [9.17, 15) is 9.59 Å². The monoisotopic (exact) mass is 216 g/mol. The van der Waals surface area contributed by atoms with Gasteiger partial charge in [0.05, 0.1) is 0 Å². The fourth-order valence-electron chi connectivity index (χ4n) is 0.800. The highest BCUT2D eigenvalue weighted by atomic mass is 16.6. The molecule has 0 aliphatic rings. The average molecular weight is 216 g/mol. The Bertz CT molecular complexity index is 233. The third-order valence-electron chi connectivity index (χ3n) is 1.83. The summed E-state index contributed by atoms with van der Waals surface area (Å²) in [6.45, 7) is 8.18. The van der Waals surface area contributed by atoms with Crippen molar-refractivity contribution < 1.29 is 14.3 Å². The minimum Gasteiger partial charge on any atom is -0.436 e. The lowest BCUT2D eigenvalue weighted by molar-refractivity contribution is -0.125. The highest BCUT2D eigenvalue weighted by Gasteiger charge is 2.15. The SMILES string of the molecule is CC(OC(=O)NCCC(C)(C)C)C(N)=O. The average Bonchev–Trinajstić information content (AvgIpc) is 2.01. The van der Waals surface area contributed by atoms with Gasteiger partial charge in [0, 0.05) is 6.54 Å². The molecule has 0 rings (SSSR count). The van der Waals surface area contributed by atoms with E-state index in [4.69, 9.17) is 10.5 Å². The van der Waals surface area contributed by atoms with E-state index in [0.717, 1.165) is 6.42 Å². The molecule has 0 fully saturated rings. The van der Waals surface area contributed by atoms with Gasteiger partial charge in [-0.05, 0) is 18.8 Å². The molecule has 2 amide bonds. The number of hydrogen-bond donors (Lipinski definition) is 2. The van der Waals surface area contributed by atoms with Crippen LogP contribution < -0.4 is 11.1 Å². The number of primary amides is 1. The van der Waals surface area contributed by atoms with Gasteiger partial charge in [0.25, 0.3) is 5.91 Å². The molecule has 0 saturated heterocycles. The van der Waals surface area contributed by atoms with Crippen LogP contribution in [0.3, 0.4) is 0 Å². The molecule has 0 bridgehead atoms. The maximum Gasteiger partial charge on any atom is 0.407 e. The quantitative estimate of drug-likeness (QED) is 0.736. The second-order valence-electron chi connectivity index (χ2n) is 4.69. The molecule has 15 heavy (non-hydrogen) atoms. The summed E-state index contributed by atoms with van der Waals surface area (Å²) in [5.41, 5.74) is 5.09. The van der Waals surface area contributed by atoms with Gasteiger partial charge in [-0.25, -0.2) is 4.79 Å². The maximum atomic E-state index is 11.1. The molecule has 0 saturated carbocycles. The zero-order chi connectivity index (χ0) is 12.1. The van der Waals surface area contributed by atoms with Crippen molar-refractivity contribution in [3.63, 3.8) is 0 Å². The molecule has 0 aliphatic carbocycles. The number of nitrogens with one attached hydrogen (secondary N) is 1. The number of nitrogens with two attached hydrogens (primary N) is 1. The van der Waals surface area contributed by atoms with E-state index in [1.807, 2.05) is 0 Å². The number of carbonyl (C=O) groups excluding carboxylic acids is 2. The third kappa shape index (κ3) is 7.78. The Morgan fingerprint density at radius 1 is 1.40 bits per heavy atom. The topological polar surface area (TPSA) is 81.4 Å². The molecule has 1 unspecified atom stereocenters. The molecule has 3 N–H and O–H groups in total. The van der Waals surface area contributed by atoms with Gasteiger partial charge in [0.1, 0.15) is 0 Å². The third-order valence-corrected chi connectivity index (χ3v) is 1.83. The summed E-state index contributed by atoms with van der Waals surface area (Å²) in [5.74, 6) is -0.652. The van der Waals surface area contributed by atoms with Crippen LogP contribution in [-0.4, -0.2) is 24.6 Å². The molecule has 0 aromatic heterocycles. The normalized spacial score (nSPS) is 13.1. The molecule has 0 aromatic carbocycles. The molecular formula is C10H20N2O3. The lowest BCUT2D eigenvalue weighted by atomic mass is 9.92. The number of ether oxygens (including phenoxy) is 1. The van der Waals surface area contributed by atoms with Gasteiger partial charge in [-0.2, -0.15) is 0 Å². The van der Waals surface area contributed by atoms with Crippen LogP contribution in [0.2, 0.25) is 0 Å². The predicted octanol–water partition coefficient (Wildman–Crippen LogP) is 1.02. The molecule has 1 atom stereocenters. The smallest absolute Gasteiger partial charge is 0.407 e. The second kappa shape index (κ2) is 5.58. The first-order valence-corrected chi connectivity index (χ1v) is 4.96. The number of hydrogen-bond acceptors (Lipinski definition) is 3. The van der Waals surface area contributed by atoms with Crippen molar-refractivity contribution in [1.29, 1.82) is 0 Å². The minimum absolute atomic E-state index is 0.155. The Morgan fingerprint density at radius 2 is 1.93 bits per heavy atom. The van der Waals surface area contributed by atoms with Crippen LogP contribution in [-0.2, 0) is 9.53 Å². The second-order valence-corrected chi connectivity index (χ2v) is 4.69. The minimum atomic E-state index is -0.889. The lowest BCUT2D eigenvalue weighted by Gasteiger charge is -2.18. The van der Waals surface area contributed by atoms with Crippen molar-refractivity contribution in [1.82, 2.24) is 5.32 Å². The molecule has 0 heterocycles. The summed E-state index contributed by atoms with van der Waals surface area (Å²) in [7, 11) is 0. The van der Waals surface area contributed by atoms with Crippen LogP contribution in [0.4, 0.5) is 4.79 Å². The van der Waals surface area contributed by atoms with Crippen LogP contribution in [0.1, 0.15) is 34.1 Å². The maximum absolute atomic E-state index is 11.1. The molecule has 5 nitrogen and oxygen atoms in total. The summed E-state index contributed by atoms with van der Waals surface area (Å²) in [5, 5.41) is 2.56. The first kappa shape index (κ1) is 13.7. The number of alkyl carbamates (subject to hydrolysis) is 1. The Labute approximate surface area is 90.4 Å². The van der Waals surface area contributed by atoms with Gasteiger partial charge in [0.2, 0.25) is 0 Å². The van der Waals surface area contributed by atoms with Crippen molar-refractivity contribution in [2.24, 2.45) is 11.1 Å². The van der Waals surface area contributed by atoms with Crippen molar-refractivity contribution in [2.75, 3.05) is 6.54 Å². The van der Waals surface area contributed by atoms with Crippen molar-refractivity contribution in [2.45, 2.75) is 40.2 Å². The number of rotatable bonds is 4. The van der Waals surface area contributed by atoms with Crippen LogP contribution in [0, 0.1) is 5.41 Å². The van der Waals surface area contributed by atoms with Gasteiger partial charge in [-0.3, -0.25) is 4.79 Å². The first-order chi connectivity index (χ1) is 6.72. The molecular weight excluding hydrogens is 196 g/mol. The summed E-state index contributed by atoms with van der Waals surface area (Å²) in [6.07, 6.45) is -0.655. The zero-order valence-electron chi connectivity index (χ0n) is 9.79. The summed E-state index contributed by atoms with van der Waals surface area (Å²) >= 11 is 0. The summed E-state index contributed by atoms with van der Waals surface area (Å²) in [6, 6.07) is 0. The highest BCUT2D eigenvalue weighted by molar-refractivity contribution is 5.81. The molecule has 88 valence electrons. The van der Waals surface area contributed by atoms with E-state index >= 15 is 0 Å². The van der Waals surface area contributed by atoms with E-state index < -0.39 is 18.1 Å². The van der Waals surface area contributed by atoms with Gasteiger partial charge < -0.3 is 15.8 Å². The van der Waals surface area contributed by atoms with Crippen molar-refractivity contribution in [3.8, 4) is 0 Å². The van der Waals surface area contributed by atoms with E-state index in [1.54, 1.807) is 0 Å². The van der Waals surface area contributed by atoms with Crippen LogP contribution >= 0.6 is 0 Å². The van der Waals surface area contributed by atoms with Crippen LogP contribution in [0.5, 0.6) is 0 Å². The van der Waals surface area contributed by atoms with E-state index in [-0.39, 0.29) is 5.41 Å². The molecule has 0 radical (unpaired) electrons. The summed E-state index contributed by atoms with van der Waals surface area (Å²) < 4.78 is 4.70. The van der Waals surface area contributed by atoms with Gasteiger partial charge >= 0.3 is 6.09 Å². The standard InChI is InChI=1S/C10H20N2O3/c1-7(8(11)13)15-9(14)12-6-5-10(2,3)4/h7H,5-6H2,1-4H3,(H2,11,13)(H,12,14). The number of carbonyl (C=O) groups is 2. The molecule has 0 aliphatic heterocycles. The van der Waals surface area contributed by atoms with Crippen LogP contribution in [0.25, 0.3) is 0 Å². The predicted molar refractivity (Wildman–Crippen MR) is 57.2 cm³/mol. The largest absolute Gasteiger partial charge is 0.436 e. The van der Waals surface area contributed by atoms with E-state index in [1.165, 1.54) is 6.92 Å². The van der Waals surface area contributed by atoms with Crippen molar-refractivity contribution in [3.05, 3.63) is 0 Å². The van der Waals surface area contributed by atoms with Gasteiger partial charge in [-0.15, -0.1) is 0 Å². The summed E-state index contributed by atoms with van der Waals surface area (Å²) in [4.78, 5) is 21.7.